The van der Waals surface area contributed by atoms with Gasteiger partial charge >= 0.3 is 0 Å². The molecule has 1 rings (SSSR count). The monoisotopic (exact) mass is 191 g/mol. The van der Waals surface area contributed by atoms with E-state index in [2.05, 4.69) is 16.9 Å². The van der Waals surface area contributed by atoms with Gasteiger partial charge in [-0.25, -0.2) is 0 Å². The number of pyridine rings is 1. The van der Waals surface area contributed by atoms with Gasteiger partial charge in [0.05, 0.1) is 18.1 Å². The van der Waals surface area contributed by atoms with Gasteiger partial charge in [0.2, 0.25) is 0 Å². The Bertz CT molecular complexity index is 318. The molecule has 0 unspecified atom stereocenters. The van der Waals surface area contributed by atoms with Crippen molar-refractivity contribution in [2.45, 2.75) is 33.2 Å². The lowest BCUT2D eigenvalue weighted by Crippen LogP contribution is -2.11. The Morgan fingerprint density at radius 1 is 1.50 bits per heavy atom. The van der Waals surface area contributed by atoms with Gasteiger partial charge in [-0.2, -0.15) is 0 Å². The lowest BCUT2D eigenvalue weighted by molar-refractivity contribution is 0.927. The molecular weight excluding hydrogens is 174 g/mol. The molecule has 0 saturated carbocycles. The third kappa shape index (κ3) is 3.56. The van der Waals surface area contributed by atoms with Crippen LogP contribution >= 0.6 is 0 Å². The zero-order valence-electron chi connectivity index (χ0n) is 8.83. The summed E-state index contributed by atoms with van der Waals surface area (Å²) in [6.07, 6.45) is 1.91. The summed E-state index contributed by atoms with van der Waals surface area (Å²) in [5, 5.41) is 0. The Morgan fingerprint density at radius 2 is 2.29 bits per heavy atom. The quantitative estimate of drug-likeness (QED) is 0.585. The summed E-state index contributed by atoms with van der Waals surface area (Å²) < 4.78 is 0. The van der Waals surface area contributed by atoms with Crippen LogP contribution in [0.25, 0.3) is 0 Å². The summed E-state index contributed by atoms with van der Waals surface area (Å²) in [6, 6.07) is 5.93. The number of rotatable bonds is 4. The van der Waals surface area contributed by atoms with Gasteiger partial charge in [-0.3, -0.25) is 9.98 Å². The molecule has 0 saturated heterocycles. The van der Waals surface area contributed by atoms with Crippen LogP contribution in [0.15, 0.2) is 23.2 Å². The largest absolute Gasteiger partial charge is 0.387 e. The Labute approximate surface area is 85.1 Å². The number of hydrogen-bond donors (Lipinski definition) is 1. The highest BCUT2D eigenvalue weighted by Crippen LogP contribution is 2.00. The van der Waals surface area contributed by atoms with Crippen LogP contribution in [0.3, 0.4) is 0 Å². The van der Waals surface area contributed by atoms with E-state index in [0.717, 1.165) is 30.1 Å². The average Bonchev–Trinajstić information content (AvgIpc) is 2.15. The topological polar surface area (TPSA) is 51.3 Å². The molecule has 76 valence electrons. The molecule has 0 spiro atoms. The molecule has 0 atom stereocenters. The van der Waals surface area contributed by atoms with Crippen LogP contribution in [0.5, 0.6) is 0 Å². The molecule has 0 aliphatic rings. The van der Waals surface area contributed by atoms with E-state index in [4.69, 9.17) is 5.73 Å². The van der Waals surface area contributed by atoms with Crippen molar-refractivity contribution in [2.75, 3.05) is 0 Å². The molecule has 0 aromatic carbocycles. The van der Waals surface area contributed by atoms with Crippen molar-refractivity contribution in [3.8, 4) is 0 Å². The molecule has 0 radical (unpaired) electrons. The Morgan fingerprint density at radius 3 is 2.93 bits per heavy atom. The summed E-state index contributed by atoms with van der Waals surface area (Å²) in [4.78, 5) is 8.60. The molecule has 1 aromatic heterocycles. The second-order valence-electron chi connectivity index (χ2n) is 3.33. The lowest BCUT2D eigenvalue weighted by Gasteiger charge is -1.99. The number of amidine groups is 1. The van der Waals surface area contributed by atoms with Crippen molar-refractivity contribution < 1.29 is 0 Å². The fourth-order valence-corrected chi connectivity index (χ4v) is 1.21. The molecule has 0 bridgehead atoms. The molecule has 3 nitrogen and oxygen atoms in total. The third-order valence-electron chi connectivity index (χ3n) is 1.90. The second kappa shape index (κ2) is 5.37. The van der Waals surface area contributed by atoms with Crippen LogP contribution in [0.4, 0.5) is 0 Å². The minimum atomic E-state index is 0.591. The maximum Gasteiger partial charge on any atom is 0.0941 e. The van der Waals surface area contributed by atoms with Crippen molar-refractivity contribution in [2.24, 2.45) is 10.7 Å². The van der Waals surface area contributed by atoms with Crippen LogP contribution in [-0.4, -0.2) is 10.8 Å². The molecule has 0 aliphatic carbocycles. The highest BCUT2D eigenvalue weighted by atomic mass is 14.9. The summed E-state index contributed by atoms with van der Waals surface area (Å²) in [6.45, 7) is 4.66. The fourth-order valence-electron chi connectivity index (χ4n) is 1.21. The molecule has 0 amide bonds. The molecule has 1 heterocycles. The van der Waals surface area contributed by atoms with Crippen molar-refractivity contribution in [3.05, 3.63) is 29.6 Å². The van der Waals surface area contributed by atoms with Gasteiger partial charge in [0.25, 0.3) is 0 Å². The molecule has 1 aromatic rings. The highest BCUT2D eigenvalue weighted by Gasteiger charge is 1.94. The second-order valence-corrected chi connectivity index (χ2v) is 3.33. The van der Waals surface area contributed by atoms with Crippen molar-refractivity contribution >= 4 is 5.84 Å². The number of aliphatic imine (C=N–C) groups is 1. The normalized spacial score (nSPS) is 11.7. The van der Waals surface area contributed by atoms with Gasteiger partial charge < -0.3 is 5.73 Å². The van der Waals surface area contributed by atoms with Crippen LogP contribution in [-0.2, 0) is 6.54 Å². The van der Waals surface area contributed by atoms with E-state index in [1.807, 2.05) is 25.1 Å². The molecular formula is C11H17N3. The van der Waals surface area contributed by atoms with Gasteiger partial charge in [-0.1, -0.05) is 13.0 Å². The SMILES string of the molecule is CCCC(N)=NCc1cccc(C)n1. The summed E-state index contributed by atoms with van der Waals surface area (Å²) in [5.41, 5.74) is 7.69. The van der Waals surface area contributed by atoms with Crippen LogP contribution in [0.1, 0.15) is 31.2 Å². The van der Waals surface area contributed by atoms with Gasteiger partial charge in [0.1, 0.15) is 0 Å². The Kier molecular flexibility index (Phi) is 4.11. The number of nitrogens with zero attached hydrogens (tertiary/aromatic N) is 2. The van der Waals surface area contributed by atoms with E-state index in [1.165, 1.54) is 0 Å². The predicted octanol–water partition coefficient (Wildman–Crippen LogP) is 2.05. The first-order valence-electron chi connectivity index (χ1n) is 4.93. The van der Waals surface area contributed by atoms with E-state index in [9.17, 15) is 0 Å². The zero-order chi connectivity index (χ0) is 10.4. The standard InChI is InChI=1S/C11H17N3/c1-3-5-11(12)13-8-10-7-4-6-9(2)14-10/h4,6-7H,3,5,8H2,1-2H3,(H2,12,13). The van der Waals surface area contributed by atoms with Gasteiger partial charge in [-0.15, -0.1) is 0 Å². The predicted molar refractivity (Wildman–Crippen MR) is 59.2 cm³/mol. The maximum atomic E-state index is 5.69. The van der Waals surface area contributed by atoms with Crippen molar-refractivity contribution in [1.29, 1.82) is 0 Å². The van der Waals surface area contributed by atoms with Gasteiger partial charge in [0.15, 0.2) is 0 Å². The Hall–Kier alpha value is -1.38. The number of nitrogens with two attached hydrogens (primary N) is 1. The molecule has 3 heteroatoms. The molecule has 14 heavy (non-hydrogen) atoms. The van der Waals surface area contributed by atoms with Gasteiger partial charge in [-0.05, 0) is 25.5 Å². The zero-order valence-corrected chi connectivity index (χ0v) is 8.83. The van der Waals surface area contributed by atoms with Crippen LogP contribution < -0.4 is 5.73 Å². The van der Waals surface area contributed by atoms with Gasteiger partial charge in [0, 0.05) is 12.1 Å². The van der Waals surface area contributed by atoms with E-state index >= 15 is 0 Å². The minimum absolute atomic E-state index is 0.591. The van der Waals surface area contributed by atoms with E-state index in [1.54, 1.807) is 0 Å². The third-order valence-corrected chi connectivity index (χ3v) is 1.90. The van der Waals surface area contributed by atoms with Crippen molar-refractivity contribution in [3.63, 3.8) is 0 Å². The van der Waals surface area contributed by atoms with E-state index in [-0.39, 0.29) is 0 Å². The lowest BCUT2D eigenvalue weighted by atomic mass is 10.3. The number of hydrogen-bond acceptors (Lipinski definition) is 2. The molecule has 0 aliphatic heterocycles. The average molecular weight is 191 g/mol. The summed E-state index contributed by atoms with van der Waals surface area (Å²) >= 11 is 0. The fraction of sp³-hybridized carbons (Fsp3) is 0.455. The first kappa shape index (κ1) is 10.7. The van der Waals surface area contributed by atoms with Crippen molar-refractivity contribution in [1.82, 2.24) is 4.98 Å². The van der Waals surface area contributed by atoms with E-state index in [0.29, 0.717) is 6.54 Å². The first-order chi connectivity index (χ1) is 6.72. The smallest absolute Gasteiger partial charge is 0.0941 e. The Balaban J connectivity index is 2.57. The maximum absolute atomic E-state index is 5.69. The first-order valence-corrected chi connectivity index (χ1v) is 4.93. The summed E-state index contributed by atoms with van der Waals surface area (Å²) in [7, 11) is 0. The van der Waals surface area contributed by atoms with E-state index < -0.39 is 0 Å². The summed E-state index contributed by atoms with van der Waals surface area (Å²) in [5.74, 6) is 0.718. The van der Waals surface area contributed by atoms with Crippen LogP contribution in [0, 0.1) is 6.92 Å². The molecule has 2 N–H and O–H groups in total. The minimum Gasteiger partial charge on any atom is -0.387 e. The van der Waals surface area contributed by atoms with Crippen LogP contribution in [0.2, 0.25) is 0 Å². The number of aryl methyl sites for hydroxylation is 1. The number of aromatic nitrogens is 1. The highest BCUT2D eigenvalue weighted by molar-refractivity contribution is 5.80. The molecule has 0 fully saturated rings.